The van der Waals surface area contributed by atoms with Crippen molar-refractivity contribution in [3.05, 3.63) is 144 Å². The van der Waals surface area contributed by atoms with Crippen LogP contribution in [0.25, 0.3) is 22.3 Å². The summed E-state index contributed by atoms with van der Waals surface area (Å²) in [7, 11) is 0. The van der Waals surface area contributed by atoms with Crippen molar-refractivity contribution in [3.8, 4) is 22.3 Å². The Balaban J connectivity index is 1.23. The van der Waals surface area contributed by atoms with Crippen molar-refractivity contribution in [1.82, 2.24) is 0 Å². The molecule has 0 unspecified atom stereocenters. The summed E-state index contributed by atoms with van der Waals surface area (Å²) in [6.45, 7) is 2.27. The summed E-state index contributed by atoms with van der Waals surface area (Å²) in [6.07, 6.45) is 11.1. The first-order valence-corrected chi connectivity index (χ1v) is 16.5. The minimum absolute atomic E-state index is 0.0128. The van der Waals surface area contributed by atoms with Crippen LogP contribution in [-0.4, -0.2) is 0 Å². The molecule has 0 atom stereocenters. The van der Waals surface area contributed by atoms with Crippen LogP contribution in [0, 0.1) is 5.92 Å². The number of anilines is 2. The fourth-order valence-corrected chi connectivity index (χ4v) is 7.19. The van der Waals surface area contributed by atoms with Gasteiger partial charge in [0, 0.05) is 16.8 Å². The SMILES string of the molecule is CCCCCc1ccc(CC2CCC(c3ccc(-c4ccc(N)cc4)cc3)(c3ccc(-c4ccc(N)cc4)cc3)CC2)cc1. The zero-order valence-corrected chi connectivity index (χ0v) is 26.1. The normalized spacial score (nSPS) is 14.8. The van der Waals surface area contributed by atoms with E-state index in [0.29, 0.717) is 0 Å². The van der Waals surface area contributed by atoms with Crippen LogP contribution in [0.5, 0.6) is 0 Å². The van der Waals surface area contributed by atoms with Crippen LogP contribution in [0.2, 0.25) is 0 Å². The van der Waals surface area contributed by atoms with Gasteiger partial charge in [0.25, 0.3) is 0 Å². The molecule has 1 saturated carbocycles. The molecule has 224 valence electrons. The van der Waals surface area contributed by atoms with E-state index in [1.807, 2.05) is 24.3 Å². The Labute approximate surface area is 264 Å². The third-order valence-electron chi connectivity index (χ3n) is 9.94. The minimum atomic E-state index is 0.0128. The van der Waals surface area contributed by atoms with Crippen LogP contribution < -0.4 is 11.5 Å². The Morgan fingerprint density at radius 3 is 1.36 bits per heavy atom. The molecular formula is C42H46N2. The van der Waals surface area contributed by atoms with E-state index in [1.54, 1.807) is 0 Å². The van der Waals surface area contributed by atoms with Gasteiger partial charge >= 0.3 is 0 Å². The van der Waals surface area contributed by atoms with Gasteiger partial charge in [-0.05, 0) is 120 Å². The summed E-state index contributed by atoms with van der Waals surface area (Å²) in [5, 5.41) is 0. The van der Waals surface area contributed by atoms with Crippen LogP contribution in [-0.2, 0) is 18.3 Å². The summed E-state index contributed by atoms with van der Waals surface area (Å²) in [6, 6.07) is 44.5. The molecule has 0 saturated heterocycles. The molecule has 5 aromatic carbocycles. The van der Waals surface area contributed by atoms with Crippen LogP contribution in [0.1, 0.15) is 74.1 Å². The van der Waals surface area contributed by atoms with Gasteiger partial charge in [-0.3, -0.25) is 0 Å². The predicted molar refractivity (Wildman–Crippen MR) is 189 cm³/mol. The van der Waals surface area contributed by atoms with Crippen molar-refractivity contribution in [2.75, 3.05) is 11.5 Å². The number of hydrogen-bond donors (Lipinski definition) is 2. The number of benzene rings is 5. The van der Waals surface area contributed by atoms with Gasteiger partial charge in [0.1, 0.15) is 0 Å². The Morgan fingerprint density at radius 1 is 0.523 bits per heavy atom. The van der Waals surface area contributed by atoms with Crippen LogP contribution in [0.4, 0.5) is 11.4 Å². The van der Waals surface area contributed by atoms with Gasteiger partial charge in [-0.1, -0.05) is 117 Å². The van der Waals surface area contributed by atoms with Crippen molar-refractivity contribution >= 4 is 11.4 Å². The van der Waals surface area contributed by atoms with Crippen molar-refractivity contribution < 1.29 is 0 Å². The summed E-state index contributed by atoms with van der Waals surface area (Å²) in [4.78, 5) is 0. The maximum atomic E-state index is 5.95. The van der Waals surface area contributed by atoms with E-state index in [2.05, 4.69) is 104 Å². The van der Waals surface area contributed by atoms with Crippen molar-refractivity contribution in [2.24, 2.45) is 5.92 Å². The number of hydrogen-bond acceptors (Lipinski definition) is 2. The molecular weight excluding hydrogens is 532 g/mol. The molecule has 1 fully saturated rings. The highest BCUT2D eigenvalue weighted by molar-refractivity contribution is 5.68. The van der Waals surface area contributed by atoms with E-state index >= 15 is 0 Å². The first-order chi connectivity index (χ1) is 21.5. The summed E-state index contributed by atoms with van der Waals surface area (Å²) >= 11 is 0. The smallest absolute Gasteiger partial charge is 0.0314 e. The van der Waals surface area contributed by atoms with E-state index in [-0.39, 0.29) is 5.41 Å². The van der Waals surface area contributed by atoms with Crippen LogP contribution in [0.3, 0.4) is 0 Å². The van der Waals surface area contributed by atoms with Gasteiger partial charge < -0.3 is 11.5 Å². The number of unbranched alkanes of at least 4 members (excludes halogenated alkanes) is 2. The zero-order valence-electron chi connectivity index (χ0n) is 26.1. The number of nitrogen functional groups attached to an aromatic ring is 2. The lowest BCUT2D eigenvalue weighted by atomic mass is 9.62. The van der Waals surface area contributed by atoms with Gasteiger partial charge in [0.15, 0.2) is 0 Å². The Hall–Kier alpha value is -4.30. The molecule has 0 aromatic heterocycles. The molecule has 1 aliphatic rings. The number of aryl methyl sites for hydroxylation is 1. The lowest BCUT2D eigenvalue weighted by molar-refractivity contribution is 0.264. The highest BCUT2D eigenvalue weighted by Crippen LogP contribution is 2.48. The molecule has 5 aromatic rings. The second kappa shape index (κ2) is 13.6. The highest BCUT2D eigenvalue weighted by atomic mass is 14.5. The van der Waals surface area contributed by atoms with Crippen molar-refractivity contribution in [3.63, 3.8) is 0 Å². The van der Waals surface area contributed by atoms with E-state index in [4.69, 9.17) is 11.5 Å². The molecule has 0 aliphatic heterocycles. The van der Waals surface area contributed by atoms with E-state index in [9.17, 15) is 0 Å². The Morgan fingerprint density at radius 2 is 0.932 bits per heavy atom. The van der Waals surface area contributed by atoms with Crippen molar-refractivity contribution in [2.45, 2.75) is 70.1 Å². The molecule has 1 aliphatic carbocycles. The summed E-state index contributed by atoms with van der Waals surface area (Å²) < 4.78 is 0. The second-order valence-electron chi connectivity index (χ2n) is 12.9. The van der Waals surface area contributed by atoms with Crippen molar-refractivity contribution in [1.29, 1.82) is 0 Å². The lowest BCUT2D eigenvalue weighted by Gasteiger charge is -2.42. The summed E-state index contributed by atoms with van der Waals surface area (Å²) in [5.74, 6) is 0.720. The first-order valence-electron chi connectivity index (χ1n) is 16.5. The fraction of sp³-hybridized carbons (Fsp3) is 0.286. The average molecular weight is 579 g/mol. The Bertz CT molecular complexity index is 1510. The van der Waals surface area contributed by atoms with Gasteiger partial charge in [-0.25, -0.2) is 0 Å². The monoisotopic (exact) mass is 578 g/mol. The summed E-state index contributed by atoms with van der Waals surface area (Å²) in [5.41, 5.74) is 24.2. The third-order valence-corrected chi connectivity index (χ3v) is 9.94. The molecule has 0 amide bonds. The maximum absolute atomic E-state index is 5.95. The minimum Gasteiger partial charge on any atom is -0.399 e. The lowest BCUT2D eigenvalue weighted by Crippen LogP contribution is -2.33. The van der Waals surface area contributed by atoms with Gasteiger partial charge in [0.2, 0.25) is 0 Å². The molecule has 0 heterocycles. The largest absolute Gasteiger partial charge is 0.399 e. The van der Waals surface area contributed by atoms with E-state index in [0.717, 1.165) is 30.1 Å². The molecule has 0 spiro atoms. The first kappa shape index (κ1) is 29.8. The molecule has 2 heteroatoms. The number of rotatable bonds is 10. The molecule has 4 N–H and O–H groups in total. The quantitative estimate of drug-likeness (QED) is 0.128. The Kier molecular flexibility index (Phi) is 9.17. The third kappa shape index (κ3) is 6.76. The second-order valence-corrected chi connectivity index (χ2v) is 12.9. The van der Waals surface area contributed by atoms with E-state index < -0.39 is 0 Å². The molecule has 6 rings (SSSR count). The van der Waals surface area contributed by atoms with Gasteiger partial charge in [-0.15, -0.1) is 0 Å². The van der Waals surface area contributed by atoms with Gasteiger partial charge in [0.05, 0.1) is 0 Å². The maximum Gasteiger partial charge on any atom is 0.0314 e. The highest BCUT2D eigenvalue weighted by Gasteiger charge is 2.38. The zero-order chi connectivity index (χ0) is 30.4. The average Bonchev–Trinajstić information content (AvgIpc) is 3.07. The predicted octanol–water partition coefficient (Wildman–Crippen LogP) is 10.6. The van der Waals surface area contributed by atoms with Crippen LogP contribution >= 0.6 is 0 Å². The standard InChI is InChI=1S/C42H46N2/c1-2-3-4-5-31-6-8-32(9-7-31)30-33-26-28-42(29-27-33,38-18-10-34(11-19-38)36-14-22-40(43)23-15-36)39-20-12-35(13-21-39)37-16-24-41(44)25-17-37/h6-25,33H,2-5,26-30,43-44H2,1H3. The fourth-order valence-electron chi connectivity index (χ4n) is 7.19. The molecule has 44 heavy (non-hydrogen) atoms. The van der Waals surface area contributed by atoms with E-state index in [1.165, 1.54) is 89.5 Å². The molecule has 0 bridgehead atoms. The topological polar surface area (TPSA) is 52.0 Å². The number of nitrogens with two attached hydrogens (primary N) is 2. The molecule has 0 radical (unpaired) electrons. The van der Waals surface area contributed by atoms with Gasteiger partial charge in [-0.2, -0.15) is 0 Å². The molecule has 2 nitrogen and oxygen atoms in total. The van der Waals surface area contributed by atoms with Crippen LogP contribution in [0.15, 0.2) is 121 Å².